The van der Waals surface area contributed by atoms with Crippen molar-refractivity contribution in [2.24, 2.45) is 16.7 Å². The molecule has 0 saturated heterocycles. The number of nitrogens with zero attached hydrogens (tertiary/aromatic N) is 2. The first-order chi connectivity index (χ1) is 10.5. The molecule has 2 aliphatic carbocycles. The molecule has 116 valence electrons. The molecule has 6 nitrogen and oxygen atoms in total. The Morgan fingerprint density at radius 2 is 2.05 bits per heavy atom. The smallest absolute Gasteiger partial charge is 0.326 e. The first-order valence-electron chi connectivity index (χ1n) is 7.38. The minimum absolute atomic E-state index is 0.149. The molecule has 0 amide bonds. The maximum atomic E-state index is 12.5. The van der Waals surface area contributed by atoms with Crippen LogP contribution < -0.4 is 0 Å². The molecule has 1 saturated carbocycles. The third-order valence-electron chi connectivity index (χ3n) is 4.61. The van der Waals surface area contributed by atoms with E-state index in [1.165, 1.54) is 6.08 Å². The molecule has 2 rings (SSSR count). The van der Waals surface area contributed by atoms with E-state index in [0.29, 0.717) is 12.4 Å². The molecule has 0 spiro atoms. The zero-order chi connectivity index (χ0) is 16.4. The zero-order valence-corrected chi connectivity index (χ0v) is 12.7. The summed E-state index contributed by atoms with van der Waals surface area (Å²) in [7, 11) is 0. The number of carbonyl (C=O) groups is 2. The maximum absolute atomic E-state index is 12.5. The van der Waals surface area contributed by atoms with Crippen LogP contribution in [0.2, 0.25) is 0 Å². The van der Waals surface area contributed by atoms with Crippen molar-refractivity contribution >= 4 is 11.8 Å². The second kappa shape index (κ2) is 5.81. The summed E-state index contributed by atoms with van der Waals surface area (Å²) in [6.07, 6.45) is 1.90. The lowest BCUT2D eigenvalue weighted by molar-refractivity contribution is -0.155. The average Bonchev–Trinajstić information content (AvgIpc) is 2.84. The Morgan fingerprint density at radius 1 is 1.32 bits per heavy atom. The molecule has 22 heavy (non-hydrogen) atoms. The number of allylic oxidation sites excluding steroid dienone is 2. The highest BCUT2D eigenvalue weighted by atomic mass is 16.5. The molecule has 6 heteroatoms. The molecule has 0 aliphatic heterocycles. The summed E-state index contributed by atoms with van der Waals surface area (Å²) in [4.78, 5) is 24.8. The molecule has 0 bridgehead atoms. The van der Waals surface area contributed by atoms with Crippen molar-refractivity contribution in [1.29, 1.82) is 10.5 Å². The molecule has 2 aliphatic rings. The van der Waals surface area contributed by atoms with Crippen LogP contribution in [0.5, 0.6) is 0 Å². The second-order valence-electron chi connectivity index (χ2n) is 5.55. The van der Waals surface area contributed by atoms with Gasteiger partial charge in [-0.3, -0.25) is 9.59 Å². The van der Waals surface area contributed by atoms with E-state index in [2.05, 4.69) is 6.07 Å². The summed E-state index contributed by atoms with van der Waals surface area (Å²) in [6, 6.07) is 4.11. The van der Waals surface area contributed by atoms with E-state index in [1.807, 2.05) is 6.07 Å². The number of rotatable bonds is 4. The largest absolute Gasteiger partial charge is 0.498 e. The van der Waals surface area contributed by atoms with Gasteiger partial charge in [0.1, 0.15) is 5.41 Å². The Labute approximate surface area is 129 Å². The van der Waals surface area contributed by atoms with Crippen LogP contribution >= 0.6 is 0 Å². The van der Waals surface area contributed by atoms with Crippen LogP contribution in [0.4, 0.5) is 0 Å². The van der Waals surface area contributed by atoms with Gasteiger partial charge in [-0.15, -0.1) is 0 Å². The van der Waals surface area contributed by atoms with E-state index in [1.54, 1.807) is 13.8 Å². The van der Waals surface area contributed by atoms with Crippen LogP contribution in [0.1, 0.15) is 33.1 Å². The summed E-state index contributed by atoms with van der Waals surface area (Å²) in [5.41, 5.74) is -2.79. The second-order valence-corrected chi connectivity index (χ2v) is 5.55. The van der Waals surface area contributed by atoms with Gasteiger partial charge in [0.25, 0.3) is 0 Å². The van der Waals surface area contributed by atoms with Gasteiger partial charge in [0.2, 0.25) is 0 Å². The number of nitriles is 2. The number of hydrogen-bond acceptors (Lipinski definition) is 6. The van der Waals surface area contributed by atoms with Crippen LogP contribution in [-0.4, -0.2) is 25.0 Å². The van der Waals surface area contributed by atoms with Crippen molar-refractivity contribution in [1.82, 2.24) is 0 Å². The van der Waals surface area contributed by atoms with Gasteiger partial charge < -0.3 is 9.47 Å². The molecular formula is C16H18N2O4. The number of esters is 1. The summed E-state index contributed by atoms with van der Waals surface area (Å²) in [5.74, 6) is -1.33. The summed E-state index contributed by atoms with van der Waals surface area (Å²) >= 11 is 0. The lowest BCUT2D eigenvalue weighted by Crippen LogP contribution is -2.45. The van der Waals surface area contributed by atoms with E-state index in [0.717, 1.165) is 0 Å². The number of carbonyl (C=O) groups excluding carboxylic acids is 2. The highest BCUT2D eigenvalue weighted by molar-refractivity contribution is 6.00. The summed E-state index contributed by atoms with van der Waals surface area (Å²) in [5, 5.41) is 19.2. The van der Waals surface area contributed by atoms with Crippen LogP contribution in [0.3, 0.4) is 0 Å². The fourth-order valence-corrected chi connectivity index (χ4v) is 3.50. The molecule has 3 atom stereocenters. The highest BCUT2D eigenvalue weighted by Gasteiger charge is 2.66. The quantitative estimate of drug-likeness (QED) is 0.735. The standard InChI is InChI=1S/C16H18N2O4/c1-3-21-11-7-12-15(9-17,13(19)8-11)5-6-16(12,10-18)14(20)22-4-2/h8,12H,3-7H2,1-2H3/t12?,15-,16+/m1/s1. The van der Waals surface area contributed by atoms with Gasteiger partial charge in [-0.2, -0.15) is 10.5 Å². The Hall–Kier alpha value is -2.34. The fourth-order valence-electron chi connectivity index (χ4n) is 3.50. The van der Waals surface area contributed by atoms with Crippen LogP contribution in [-0.2, 0) is 19.1 Å². The SMILES string of the molecule is CCOC(=O)[C@]1(C#N)CC[C@]2(C#N)C(=O)C=C(OCC)CC12. The maximum Gasteiger partial charge on any atom is 0.326 e. The van der Waals surface area contributed by atoms with E-state index < -0.39 is 22.7 Å². The fraction of sp³-hybridized carbons (Fsp3) is 0.625. The molecular weight excluding hydrogens is 284 g/mol. The van der Waals surface area contributed by atoms with Gasteiger partial charge in [-0.05, 0) is 26.7 Å². The van der Waals surface area contributed by atoms with Gasteiger partial charge in [0.15, 0.2) is 11.2 Å². The molecule has 0 radical (unpaired) electrons. The predicted molar refractivity (Wildman–Crippen MR) is 74.8 cm³/mol. The van der Waals surface area contributed by atoms with Crippen molar-refractivity contribution in [2.75, 3.05) is 13.2 Å². The first kappa shape index (κ1) is 16.0. The normalized spacial score (nSPS) is 33.2. The van der Waals surface area contributed by atoms with Gasteiger partial charge >= 0.3 is 5.97 Å². The predicted octanol–water partition coefficient (Wildman–Crippen LogP) is 1.87. The summed E-state index contributed by atoms with van der Waals surface area (Å²) in [6.45, 7) is 3.98. The van der Waals surface area contributed by atoms with Crippen LogP contribution in [0, 0.1) is 39.4 Å². The Bertz CT molecular complexity index is 613. The average molecular weight is 302 g/mol. The Balaban J connectivity index is 2.50. The van der Waals surface area contributed by atoms with Crippen molar-refractivity contribution < 1.29 is 19.1 Å². The molecule has 1 unspecified atom stereocenters. The Kier molecular flexibility index (Phi) is 4.23. The minimum atomic E-state index is -1.46. The third-order valence-corrected chi connectivity index (χ3v) is 4.61. The lowest BCUT2D eigenvalue weighted by Gasteiger charge is -2.36. The van der Waals surface area contributed by atoms with Gasteiger partial charge in [0.05, 0.1) is 31.1 Å². The number of ketones is 1. The van der Waals surface area contributed by atoms with Crippen LogP contribution in [0.15, 0.2) is 11.8 Å². The molecule has 0 aromatic heterocycles. The van der Waals surface area contributed by atoms with Crippen molar-refractivity contribution in [3.8, 4) is 12.1 Å². The number of hydrogen-bond donors (Lipinski definition) is 0. The Morgan fingerprint density at radius 3 is 2.59 bits per heavy atom. The molecule has 0 aromatic carbocycles. The topological polar surface area (TPSA) is 100 Å². The zero-order valence-electron chi connectivity index (χ0n) is 12.7. The first-order valence-corrected chi connectivity index (χ1v) is 7.38. The van der Waals surface area contributed by atoms with Gasteiger partial charge in [-0.1, -0.05) is 0 Å². The molecule has 0 heterocycles. The minimum Gasteiger partial charge on any atom is -0.498 e. The van der Waals surface area contributed by atoms with E-state index in [4.69, 9.17) is 9.47 Å². The number of fused-ring (bicyclic) bond motifs is 1. The van der Waals surface area contributed by atoms with Gasteiger partial charge in [-0.25, -0.2) is 0 Å². The molecule has 0 N–H and O–H groups in total. The van der Waals surface area contributed by atoms with Gasteiger partial charge in [0, 0.05) is 18.4 Å². The van der Waals surface area contributed by atoms with Crippen molar-refractivity contribution in [3.63, 3.8) is 0 Å². The van der Waals surface area contributed by atoms with Crippen molar-refractivity contribution in [3.05, 3.63) is 11.8 Å². The monoisotopic (exact) mass is 302 g/mol. The summed E-state index contributed by atoms with van der Waals surface area (Å²) < 4.78 is 10.4. The lowest BCUT2D eigenvalue weighted by atomic mass is 9.63. The van der Waals surface area contributed by atoms with E-state index >= 15 is 0 Å². The van der Waals surface area contributed by atoms with Crippen molar-refractivity contribution in [2.45, 2.75) is 33.1 Å². The van der Waals surface area contributed by atoms with E-state index in [9.17, 15) is 20.1 Å². The number of ether oxygens (including phenoxy) is 2. The third kappa shape index (κ3) is 2.07. The van der Waals surface area contributed by atoms with E-state index in [-0.39, 0.29) is 31.7 Å². The molecule has 0 aromatic rings. The highest BCUT2D eigenvalue weighted by Crippen LogP contribution is 2.59. The van der Waals surface area contributed by atoms with Crippen LogP contribution in [0.25, 0.3) is 0 Å². The molecule has 1 fully saturated rings.